The van der Waals surface area contributed by atoms with Crippen LogP contribution in [0.1, 0.15) is 31.2 Å². The minimum Gasteiger partial charge on any atom is -0.441 e. The highest BCUT2D eigenvalue weighted by molar-refractivity contribution is 6.30. The van der Waals surface area contributed by atoms with Crippen molar-refractivity contribution in [3.8, 4) is 17.1 Å². The molecule has 0 atom stereocenters. The van der Waals surface area contributed by atoms with Crippen LogP contribution in [-0.4, -0.2) is 11.0 Å². The third-order valence-corrected chi connectivity index (χ3v) is 5.03. The molecule has 158 valence electrons. The summed E-state index contributed by atoms with van der Waals surface area (Å²) in [5.41, 5.74) is 1.76. The molecule has 0 aliphatic heterocycles. The second kappa shape index (κ2) is 9.18. The van der Waals surface area contributed by atoms with Crippen molar-refractivity contribution in [3.05, 3.63) is 81.6 Å². The Kier molecular flexibility index (Phi) is 6.18. The lowest BCUT2D eigenvalue weighted by molar-refractivity contribution is -0.134. The summed E-state index contributed by atoms with van der Waals surface area (Å²) >= 11 is 5.90. The second-order valence-electron chi connectivity index (χ2n) is 7.10. The van der Waals surface area contributed by atoms with Gasteiger partial charge in [0.1, 0.15) is 11.3 Å². The molecule has 0 unspecified atom stereocenters. The van der Waals surface area contributed by atoms with Gasteiger partial charge in [-0.1, -0.05) is 24.9 Å². The quantitative estimate of drug-likeness (QED) is 0.213. The zero-order chi connectivity index (χ0) is 21.8. The number of aromatic nitrogens is 1. The summed E-state index contributed by atoms with van der Waals surface area (Å²) in [5.74, 6) is 0.935. The maximum Gasteiger partial charge on any atom is 0.336 e. The Morgan fingerprint density at radius 2 is 1.87 bits per heavy atom. The lowest BCUT2D eigenvalue weighted by Crippen LogP contribution is -2.09. The first-order valence-corrected chi connectivity index (χ1v) is 10.4. The number of esters is 1. The number of rotatable bonds is 7. The second-order valence-corrected chi connectivity index (χ2v) is 7.53. The van der Waals surface area contributed by atoms with E-state index in [0.717, 1.165) is 29.4 Å². The van der Waals surface area contributed by atoms with Crippen LogP contribution in [0.15, 0.2) is 68.4 Å². The fraction of sp³-hybridized carbons (Fsp3) is 0.208. The number of carbonyl (C=O) groups is 1. The maximum atomic E-state index is 12.3. The molecule has 0 amide bonds. The van der Waals surface area contributed by atoms with Crippen LogP contribution in [0.5, 0.6) is 5.75 Å². The van der Waals surface area contributed by atoms with E-state index in [1.165, 1.54) is 6.07 Å². The monoisotopic (exact) mass is 437 g/mol. The number of hydrogen-bond donors (Lipinski definition) is 0. The summed E-state index contributed by atoms with van der Waals surface area (Å²) in [6.45, 7) is 2.04. The average molecular weight is 438 g/mol. The Hall–Kier alpha value is -3.38. The molecule has 0 aliphatic carbocycles. The highest BCUT2D eigenvalue weighted by Crippen LogP contribution is 2.25. The number of nitrogens with zero attached hydrogens (tertiary/aromatic N) is 1. The predicted octanol–water partition coefficient (Wildman–Crippen LogP) is 5.59. The SMILES string of the molecule is CCCc1cc(=O)oc2cc(OC(=O)CCc3ncc(-c4ccc(Cl)cc4)o3)ccc12. The van der Waals surface area contributed by atoms with Gasteiger partial charge in [-0.05, 0) is 48.4 Å². The van der Waals surface area contributed by atoms with Crippen LogP contribution in [-0.2, 0) is 17.6 Å². The van der Waals surface area contributed by atoms with E-state index in [2.05, 4.69) is 4.98 Å². The fourth-order valence-corrected chi connectivity index (χ4v) is 3.44. The van der Waals surface area contributed by atoms with Gasteiger partial charge in [0, 0.05) is 34.5 Å². The maximum absolute atomic E-state index is 12.3. The molecule has 2 aromatic heterocycles. The first-order valence-electron chi connectivity index (χ1n) is 10.00. The minimum atomic E-state index is -0.433. The topological polar surface area (TPSA) is 82.5 Å². The van der Waals surface area contributed by atoms with Gasteiger partial charge < -0.3 is 13.6 Å². The molecule has 0 saturated heterocycles. The van der Waals surface area contributed by atoms with Crippen molar-refractivity contribution in [2.75, 3.05) is 0 Å². The molecule has 7 heteroatoms. The first kappa shape index (κ1) is 20.9. The van der Waals surface area contributed by atoms with Crippen molar-refractivity contribution >= 4 is 28.5 Å². The number of halogens is 1. The lowest BCUT2D eigenvalue weighted by atomic mass is 10.1. The summed E-state index contributed by atoms with van der Waals surface area (Å²) in [4.78, 5) is 28.3. The van der Waals surface area contributed by atoms with Crippen LogP contribution < -0.4 is 10.4 Å². The molecule has 0 fully saturated rings. The van der Waals surface area contributed by atoms with Gasteiger partial charge in [0.25, 0.3) is 0 Å². The van der Waals surface area contributed by atoms with Crippen LogP contribution >= 0.6 is 11.6 Å². The number of oxazole rings is 1. The van der Waals surface area contributed by atoms with Crippen molar-refractivity contribution in [1.82, 2.24) is 4.98 Å². The smallest absolute Gasteiger partial charge is 0.336 e. The summed E-state index contributed by atoms with van der Waals surface area (Å²) in [7, 11) is 0. The van der Waals surface area contributed by atoms with Crippen molar-refractivity contribution in [1.29, 1.82) is 0 Å². The van der Waals surface area contributed by atoms with Gasteiger partial charge in [-0.3, -0.25) is 4.79 Å². The molecule has 2 aromatic carbocycles. The summed E-state index contributed by atoms with van der Waals surface area (Å²) in [5, 5.41) is 1.48. The van der Waals surface area contributed by atoms with Gasteiger partial charge in [-0.25, -0.2) is 9.78 Å². The summed E-state index contributed by atoms with van der Waals surface area (Å²) in [6, 6.07) is 13.8. The molecule has 0 bridgehead atoms. The van der Waals surface area contributed by atoms with Crippen LogP contribution in [0.3, 0.4) is 0 Å². The Balaban J connectivity index is 1.40. The number of fused-ring (bicyclic) bond motifs is 1. The lowest BCUT2D eigenvalue weighted by Gasteiger charge is -2.07. The third kappa shape index (κ3) is 5.03. The number of carbonyl (C=O) groups excluding carboxylic acids is 1. The fourth-order valence-electron chi connectivity index (χ4n) is 3.31. The molecule has 0 N–H and O–H groups in total. The van der Waals surface area contributed by atoms with E-state index in [4.69, 9.17) is 25.2 Å². The molecule has 6 nitrogen and oxygen atoms in total. The standard InChI is InChI=1S/C24H20ClNO5/c1-2-3-16-12-24(28)31-20-13-18(8-9-19(16)20)29-23(27)11-10-22-26-14-21(30-22)15-4-6-17(25)7-5-15/h4-9,12-14H,2-3,10-11H2,1H3. The van der Waals surface area contributed by atoms with E-state index < -0.39 is 11.6 Å². The van der Waals surface area contributed by atoms with Crippen LogP contribution in [0, 0.1) is 0 Å². The van der Waals surface area contributed by atoms with Gasteiger partial charge in [0.15, 0.2) is 11.7 Å². The van der Waals surface area contributed by atoms with Crippen LogP contribution in [0.4, 0.5) is 0 Å². The normalized spacial score (nSPS) is 11.0. The zero-order valence-corrected chi connectivity index (χ0v) is 17.6. The number of benzene rings is 2. The van der Waals surface area contributed by atoms with E-state index in [1.807, 2.05) is 19.1 Å². The van der Waals surface area contributed by atoms with E-state index in [-0.39, 0.29) is 6.42 Å². The molecule has 2 heterocycles. The largest absolute Gasteiger partial charge is 0.441 e. The molecular weight excluding hydrogens is 418 g/mol. The van der Waals surface area contributed by atoms with Gasteiger partial charge >= 0.3 is 11.6 Å². The Morgan fingerprint density at radius 3 is 2.65 bits per heavy atom. The van der Waals surface area contributed by atoms with E-state index in [9.17, 15) is 9.59 Å². The number of ether oxygens (including phenoxy) is 1. The molecule has 0 spiro atoms. The Bertz CT molecular complexity index is 1270. The molecule has 0 saturated carbocycles. The molecular formula is C24H20ClNO5. The molecule has 0 radical (unpaired) electrons. The number of aryl methyl sites for hydroxylation is 2. The van der Waals surface area contributed by atoms with Gasteiger partial charge in [0.05, 0.1) is 12.6 Å². The zero-order valence-electron chi connectivity index (χ0n) is 16.9. The predicted molar refractivity (Wildman–Crippen MR) is 117 cm³/mol. The van der Waals surface area contributed by atoms with Crippen LogP contribution in [0.2, 0.25) is 5.02 Å². The molecule has 4 aromatic rings. The molecule has 4 rings (SSSR count). The van der Waals surface area contributed by atoms with Gasteiger partial charge in [-0.2, -0.15) is 0 Å². The molecule has 0 aliphatic rings. The van der Waals surface area contributed by atoms with E-state index in [0.29, 0.717) is 34.4 Å². The van der Waals surface area contributed by atoms with Gasteiger partial charge in [0.2, 0.25) is 0 Å². The van der Waals surface area contributed by atoms with Crippen molar-refractivity contribution in [2.24, 2.45) is 0 Å². The summed E-state index contributed by atoms with van der Waals surface area (Å²) < 4.78 is 16.4. The average Bonchev–Trinajstić information content (AvgIpc) is 3.22. The van der Waals surface area contributed by atoms with Crippen LogP contribution in [0.25, 0.3) is 22.3 Å². The van der Waals surface area contributed by atoms with Gasteiger partial charge in [-0.15, -0.1) is 0 Å². The highest BCUT2D eigenvalue weighted by Gasteiger charge is 2.12. The molecule has 31 heavy (non-hydrogen) atoms. The Labute approximate surface area is 183 Å². The highest BCUT2D eigenvalue weighted by atomic mass is 35.5. The van der Waals surface area contributed by atoms with Crippen molar-refractivity contribution in [3.63, 3.8) is 0 Å². The Morgan fingerprint density at radius 1 is 1.06 bits per heavy atom. The first-order chi connectivity index (χ1) is 15.0. The van der Waals surface area contributed by atoms with Crippen molar-refractivity contribution < 1.29 is 18.4 Å². The summed E-state index contributed by atoms with van der Waals surface area (Å²) in [6.07, 6.45) is 3.70. The van der Waals surface area contributed by atoms with E-state index >= 15 is 0 Å². The van der Waals surface area contributed by atoms with E-state index in [1.54, 1.807) is 36.5 Å². The third-order valence-electron chi connectivity index (χ3n) is 4.78. The minimum absolute atomic E-state index is 0.0957. The number of hydrogen-bond acceptors (Lipinski definition) is 6. The van der Waals surface area contributed by atoms with Crippen molar-refractivity contribution in [2.45, 2.75) is 32.6 Å².